The molecule has 0 bridgehead atoms. The van der Waals surface area contributed by atoms with E-state index < -0.39 is 23.4 Å². The Kier molecular flexibility index (Phi) is 5.02. The molecule has 0 saturated carbocycles. The number of fused-ring (bicyclic) bond motifs is 1. The minimum absolute atomic E-state index is 0.137. The molecule has 2 aromatic rings. The maximum absolute atomic E-state index is 14.1. The van der Waals surface area contributed by atoms with Gasteiger partial charge in [0.05, 0.1) is 11.3 Å². The second-order valence-electron chi connectivity index (χ2n) is 7.01. The lowest BCUT2D eigenvalue weighted by Gasteiger charge is -2.23. The van der Waals surface area contributed by atoms with Crippen molar-refractivity contribution in [1.29, 1.82) is 0 Å². The molecule has 0 radical (unpaired) electrons. The standard InChI is InChI=1S/C20H16Cl2FNO3/c1-20(2,3)27-19(26)24-17-10-13(22)4-6-14(17)15(18(24)25)9-11-8-12(21)5-7-16(11)23/h4-10H,1-3H3/b15-9-. The molecule has 1 aliphatic rings. The molecule has 4 nitrogen and oxygen atoms in total. The minimum atomic E-state index is -0.828. The maximum atomic E-state index is 14.1. The van der Waals surface area contributed by atoms with Gasteiger partial charge in [-0.2, -0.15) is 0 Å². The Morgan fingerprint density at radius 3 is 2.41 bits per heavy atom. The smallest absolute Gasteiger partial charge is 0.422 e. The number of amides is 2. The maximum Gasteiger partial charge on any atom is 0.422 e. The van der Waals surface area contributed by atoms with Crippen LogP contribution in [0.4, 0.5) is 14.9 Å². The van der Waals surface area contributed by atoms with Crippen molar-refractivity contribution < 1.29 is 18.7 Å². The Morgan fingerprint density at radius 1 is 1.11 bits per heavy atom. The lowest BCUT2D eigenvalue weighted by Crippen LogP contribution is -2.38. The third kappa shape index (κ3) is 3.99. The quantitative estimate of drug-likeness (QED) is 0.548. The van der Waals surface area contributed by atoms with Gasteiger partial charge in [-0.25, -0.2) is 14.1 Å². The SMILES string of the molecule is CC(C)(C)OC(=O)N1C(=O)/C(=C\c2cc(Cl)ccc2F)c2ccc(Cl)cc21. The number of benzene rings is 2. The van der Waals surface area contributed by atoms with Gasteiger partial charge in [0.15, 0.2) is 0 Å². The number of ether oxygens (including phenoxy) is 1. The summed E-state index contributed by atoms with van der Waals surface area (Å²) in [7, 11) is 0. The predicted molar refractivity (Wildman–Crippen MR) is 104 cm³/mol. The zero-order valence-electron chi connectivity index (χ0n) is 14.8. The van der Waals surface area contributed by atoms with Crippen molar-refractivity contribution in [3.8, 4) is 0 Å². The molecule has 0 N–H and O–H groups in total. The lowest BCUT2D eigenvalue weighted by atomic mass is 10.0. The highest BCUT2D eigenvalue weighted by molar-refractivity contribution is 6.42. The van der Waals surface area contributed by atoms with E-state index in [0.717, 1.165) is 4.90 Å². The molecule has 1 heterocycles. The van der Waals surface area contributed by atoms with Gasteiger partial charge in [0, 0.05) is 21.2 Å². The molecule has 7 heteroatoms. The van der Waals surface area contributed by atoms with E-state index in [1.54, 1.807) is 32.9 Å². The first-order chi connectivity index (χ1) is 12.6. The zero-order chi connectivity index (χ0) is 19.9. The van der Waals surface area contributed by atoms with Crippen LogP contribution in [0.1, 0.15) is 31.9 Å². The van der Waals surface area contributed by atoms with Crippen LogP contribution in [0.2, 0.25) is 10.0 Å². The minimum Gasteiger partial charge on any atom is -0.443 e. The number of imide groups is 1. The van der Waals surface area contributed by atoms with Gasteiger partial charge in [-0.1, -0.05) is 29.3 Å². The van der Waals surface area contributed by atoms with Gasteiger partial charge in [0.1, 0.15) is 11.4 Å². The summed E-state index contributed by atoms with van der Waals surface area (Å²) in [4.78, 5) is 26.4. The second kappa shape index (κ2) is 6.98. The third-order valence-corrected chi connectivity index (χ3v) is 4.23. The molecule has 2 amide bonds. The number of carbonyl (C=O) groups is 2. The first-order valence-electron chi connectivity index (χ1n) is 8.11. The van der Waals surface area contributed by atoms with E-state index in [9.17, 15) is 14.0 Å². The Balaban J connectivity index is 2.13. The summed E-state index contributed by atoms with van der Waals surface area (Å²) < 4.78 is 19.5. The van der Waals surface area contributed by atoms with Crippen molar-refractivity contribution in [2.75, 3.05) is 4.90 Å². The van der Waals surface area contributed by atoms with E-state index in [2.05, 4.69) is 0 Å². The van der Waals surface area contributed by atoms with E-state index in [1.807, 2.05) is 0 Å². The van der Waals surface area contributed by atoms with Crippen molar-refractivity contribution in [3.05, 3.63) is 63.4 Å². The van der Waals surface area contributed by atoms with Crippen LogP contribution in [-0.2, 0) is 9.53 Å². The largest absolute Gasteiger partial charge is 0.443 e. The van der Waals surface area contributed by atoms with Crippen LogP contribution < -0.4 is 4.90 Å². The predicted octanol–water partition coefficient (Wildman–Crippen LogP) is 5.95. The van der Waals surface area contributed by atoms with Gasteiger partial charge >= 0.3 is 6.09 Å². The fourth-order valence-electron chi connectivity index (χ4n) is 2.67. The number of hydrogen-bond donors (Lipinski definition) is 0. The molecule has 0 unspecified atom stereocenters. The number of carbonyl (C=O) groups excluding carboxylic acids is 2. The number of anilines is 1. The van der Waals surface area contributed by atoms with Crippen LogP contribution >= 0.6 is 23.2 Å². The average molecular weight is 408 g/mol. The summed E-state index contributed by atoms with van der Waals surface area (Å²) >= 11 is 12.0. The number of rotatable bonds is 1. The summed E-state index contributed by atoms with van der Waals surface area (Å²) in [5.41, 5.74) is 0.235. The first-order valence-corrected chi connectivity index (χ1v) is 8.86. The molecule has 27 heavy (non-hydrogen) atoms. The molecule has 3 rings (SSSR count). The van der Waals surface area contributed by atoms with Crippen molar-refractivity contribution >= 4 is 52.5 Å². The molecule has 0 spiro atoms. The van der Waals surface area contributed by atoms with Crippen molar-refractivity contribution in [3.63, 3.8) is 0 Å². The fraction of sp³-hybridized carbons (Fsp3) is 0.200. The molecule has 0 fully saturated rings. The van der Waals surface area contributed by atoms with Crippen LogP contribution in [-0.4, -0.2) is 17.6 Å². The van der Waals surface area contributed by atoms with Gasteiger partial charge < -0.3 is 4.74 Å². The summed E-state index contributed by atoms with van der Waals surface area (Å²) in [6, 6.07) is 8.72. The third-order valence-electron chi connectivity index (χ3n) is 3.76. The zero-order valence-corrected chi connectivity index (χ0v) is 16.4. The number of halogens is 3. The normalized spacial score (nSPS) is 15.3. The second-order valence-corrected chi connectivity index (χ2v) is 7.88. The highest BCUT2D eigenvalue weighted by Gasteiger charge is 2.39. The van der Waals surface area contributed by atoms with Gasteiger partial charge in [-0.3, -0.25) is 4.79 Å². The molecule has 0 atom stereocenters. The van der Waals surface area contributed by atoms with Gasteiger partial charge in [0.2, 0.25) is 0 Å². The average Bonchev–Trinajstić information content (AvgIpc) is 2.80. The highest BCUT2D eigenvalue weighted by atomic mass is 35.5. The molecular weight excluding hydrogens is 392 g/mol. The summed E-state index contributed by atoms with van der Waals surface area (Å²) in [6.45, 7) is 5.09. The first kappa shape index (κ1) is 19.4. The van der Waals surface area contributed by atoms with Crippen molar-refractivity contribution in [1.82, 2.24) is 0 Å². The topological polar surface area (TPSA) is 46.6 Å². The molecule has 1 aliphatic heterocycles. The Morgan fingerprint density at radius 2 is 1.74 bits per heavy atom. The van der Waals surface area contributed by atoms with E-state index in [0.29, 0.717) is 15.6 Å². The van der Waals surface area contributed by atoms with E-state index in [4.69, 9.17) is 27.9 Å². The monoisotopic (exact) mass is 407 g/mol. The Labute approximate surface area is 166 Å². The van der Waals surface area contributed by atoms with Gasteiger partial charge in [0.25, 0.3) is 5.91 Å². The van der Waals surface area contributed by atoms with Crippen LogP contribution in [0.3, 0.4) is 0 Å². The molecule has 0 saturated heterocycles. The van der Waals surface area contributed by atoms with Crippen LogP contribution in [0.15, 0.2) is 36.4 Å². The summed E-state index contributed by atoms with van der Waals surface area (Å²) in [5, 5.41) is 0.680. The fourth-order valence-corrected chi connectivity index (χ4v) is 3.02. The summed E-state index contributed by atoms with van der Waals surface area (Å²) in [5.74, 6) is -1.16. The van der Waals surface area contributed by atoms with E-state index >= 15 is 0 Å². The molecule has 2 aromatic carbocycles. The van der Waals surface area contributed by atoms with Crippen molar-refractivity contribution in [2.24, 2.45) is 0 Å². The number of nitrogens with zero attached hydrogens (tertiary/aromatic N) is 1. The highest BCUT2D eigenvalue weighted by Crippen LogP contribution is 2.40. The van der Waals surface area contributed by atoms with Crippen LogP contribution in [0.25, 0.3) is 11.6 Å². The summed E-state index contributed by atoms with van der Waals surface area (Å²) in [6.07, 6.45) is 0.534. The van der Waals surface area contributed by atoms with E-state index in [-0.39, 0.29) is 16.8 Å². The van der Waals surface area contributed by atoms with Crippen LogP contribution in [0, 0.1) is 5.82 Å². The van der Waals surface area contributed by atoms with E-state index in [1.165, 1.54) is 30.3 Å². The molecule has 0 aromatic heterocycles. The molecule has 0 aliphatic carbocycles. The Bertz CT molecular complexity index is 980. The number of hydrogen-bond acceptors (Lipinski definition) is 3. The van der Waals surface area contributed by atoms with Crippen molar-refractivity contribution in [2.45, 2.75) is 26.4 Å². The molecule has 140 valence electrons. The molecular formula is C20H16Cl2FNO3. The van der Waals surface area contributed by atoms with Gasteiger partial charge in [-0.05, 0) is 57.2 Å². The Hall–Kier alpha value is -2.37. The van der Waals surface area contributed by atoms with Gasteiger partial charge in [-0.15, -0.1) is 0 Å². The lowest BCUT2D eigenvalue weighted by molar-refractivity contribution is -0.112. The van der Waals surface area contributed by atoms with Crippen LogP contribution in [0.5, 0.6) is 0 Å².